The molecule has 1 aromatic carbocycles. The Kier molecular flexibility index (Phi) is 6.34. The largest absolute Gasteiger partial charge is 1.00 e. The molecule has 0 aliphatic heterocycles. The van der Waals surface area contributed by atoms with Gasteiger partial charge in [0, 0.05) is 5.75 Å². The maximum atomic E-state index is 10.3. The molecule has 0 bridgehead atoms. The average molecular weight is 272 g/mol. The van der Waals surface area contributed by atoms with Crippen LogP contribution in [0.2, 0.25) is 0 Å². The molecule has 0 N–H and O–H groups in total. The Morgan fingerprint density at radius 1 is 1.33 bits per heavy atom. The van der Waals surface area contributed by atoms with Crippen molar-refractivity contribution >= 4 is 17.7 Å². The first-order valence-electron chi connectivity index (χ1n) is 4.87. The maximum absolute atomic E-state index is 10.3. The van der Waals surface area contributed by atoms with E-state index >= 15 is 0 Å². The zero-order chi connectivity index (χ0) is 12.1. The Morgan fingerprint density at radius 2 is 2.06 bits per heavy atom. The van der Waals surface area contributed by atoms with E-state index in [1.165, 1.54) is 11.8 Å². The van der Waals surface area contributed by atoms with Gasteiger partial charge in [0.1, 0.15) is 0 Å². The molecule has 0 radical (unpaired) electrons. The molecule has 18 heavy (non-hydrogen) atoms. The number of aromatic nitrogens is 4. The zero-order valence-corrected chi connectivity index (χ0v) is 12.6. The van der Waals surface area contributed by atoms with Crippen LogP contribution >= 0.6 is 11.8 Å². The van der Waals surface area contributed by atoms with Gasteiger partial charge in [-0.15, -0.1) is 16.9 Å². The smallest absolute Gasteiger partial charge is 0.549 e. The van der Waals surface area contributed by atoms with Crippen molar-refractivity contribution in [3.8, 4) is 5.69 Å². The molecule has 88 valence electrons. The number of aliphatic carboxylic acids is 1. The van der Waals surface area contributed by atoms with Gasteiger partial charge in [-0.05, 0) is 22.6 Å². The summed E-state index contributed by atoms with van der Waals surface area (Å²) < 4.78 is 1.59. The van der Waals surface area contributed by atoms with Crippen molar-refractivity contribution < 1.29 is 39.5 Å². The fraction of sp³-hybridized carbons (Fsp3) is 0.200. The van der Waals surface area contributed by atoms with Crippen LogP contribution in [0.5, 0.6) is 0 Å². The minimum Gasteiger partial charge on any atom is -0.549 e. The summed E-state index contributed by atoms with van der Waals surface area (Å²) in [7, 11) is 0. The molecule has 8 heteroatoms. The van der Waals surface area contributed by atoms with Crippen LogP contribution < -0.4 is 34.7 Å². The Balaban J connectivity index is 0.00000162. The molecule has 1 aromatic heterocycles. The van der Waals surface area contributed by atoms with Gasteiger partial charge in [0.2, 0.25) is 0 Å². The molecule has 0 saturated carbocycles. The van der Waals surface area contributed by atoms with E-state index in [0.29, 0.717) is 11.6 Å². The van der Waals surface area contributed by atoms with Gasteiger partial charge in [-0.3, -0.25) is 0 Å². The summed E-state index contributed by atoms with van der Waals surface area (Å²) in [6.45, 7) is 0. The van der Waals surface area contributed by atoms with Gasteiger partial charge in [-0.1, -0.05) is 18.2 Å². The molecule has 1 heterocycles. The summed E-state index contributed by atoms with van der Waals surface area (Å²) in [5.74, 6) is -0.117. The second-order valence-electron chi connectivity index (χ2n) is 3.21. The first-order chi connectivity index (χ1) is 8.27. The second kappa shape index (κ2) is 7.52. The maximum Gasteiger partial charge on any atom is 1.00 e. The van der Waals surface area contributed by atoms with Gasteiger partial charge in [-0.25, -0.2) is 0 Å². The minimum absolute atomic E-state index is 0. The number of carbonyl (C=O) groups is 1. The predicted molar refractivity (Wildman–Crippen MR) is 60.3 cm³/mol. The number of rotatable bonds is 5. The third-order valence-electron chi connectivity index (χ3n) is 1.99. The van der Waals surface area contributed by atoms with Crippen molar-refractivity contribution in [1.82, 2.24) is 20.2 Å². The first-order valence-corrected chi connectivity index (χ1v) is 6.03. The average Bonchev–Trinajstić information content (AvgIpc) is 2.78. The number of carboxylic acids is 1. The third-order valence-corrected chi connectivity index (χ3v) is 2.89. The molecule has 0 saturated heterocycles. The van der Waals surface area contributed by atoms with Crippen LogP contribution in [0.25, 0.3) is 5.69 Å². The number of hydrogen-bond acceptors (Lipinski definition) is 6. The van der Waals surface area contributed by atoms with Crippen LogP contribution in [0.4, 0.5) is 0 Å². The minimum atomic E-state index is -1.09. The number of carboxylic acid groups (broad SMARTS) is 1. The molecule has 6 nitrogen and oxygen atoms in total. The van der Waals surface area contributed by atoms with Crippen molar-refractivity contribution in [1.29, 1.82) is 0 Å². The molecular weight excluding hydrogens is 263 g/mol. The van der Waals surface area contributed by atoms with Crippen molar-refractivity contribution in [3.63, 3.8) is 0 Å². The second-order valence-corrected chi connectivity index (χ2v) is 4.19. The molecule has 0 amide bonds. The Labute approximate surface area is 130 Å². The van der Waals surface area contributed by atoms with Gasteiger partial charge < -0.3 is 9.90 Å². The van der Waals surface area contributed by atoms with Crippen LogP contribution in [0.15, 0.2) is 30.3 Å². The van der Waals surface area contributed by atoms with Crippen LogP contribution in [0.3, 0.4) is 0 Å². The number of thioether (sulfide) groups is 1. The molecule has 0 atom stereocenters. The Morgan fingerprint density at radius 3 is 2.72 bits per heavy atom. The topological polar surface area (TPSA) is 83.7 Å². The number of benzene rings is 1. The SMILES string of the molecule is O=C([O-])CSCc1nnnn1-c1ccccc1.[Na+]. The molecule has 0 spiro atoms. The van der Waals surface area contributed by atoms with Crippen LogP contribution in [0, 0.1) is 0 Å². The number of tetrazole rings is 1. The fourth-order valence-corrected chi connectivity index (χ4v) is 1.92. The molecule has 2 aromatic rings. The summed E-state index contributed by atoms with van der Waals surface area (Å²) in [5, 5.41) is 21.6. The third kappa shape index (κ3) is 4.09. The van der Waals surface area contributed by atoms with E-state index in [4.69, 9.17) is 0 Å². The van der Waals surface area contributed by atoms with E-state index in [-0.39, 0.29) is 35.3 Å². The number of carbonyl (C=O) groups excluding carboxylic acids is 1. The van der Waals surface area contributed by atoms with Gasteiger partial charge in [-0.2, -0.15) is 4.68 Å². The quantitative estimate of drug-likeness (QED) is 0.529. The number of nitrogens with zero attached hydrogens (tertiary/aromatic N) is 4. The van der Waals surface area contributed by atoms with Crippen molar-refractivity contribution in [2.45, 2.75) is 5.75 Å². The molecule has 0 aliphatic carbocycles. The molecule has 0 aliphatic rings. The van der Waals surface area contributed by atoms with Gasteiger partial charge >= 0.3 is 29.6 Å². The van der Waals surface area contributed by atoms with E-state index in [1.54, 1.807) is 4.68 Å². The number of para-hydroxylation sites is 1. The van der Waals surface area contributed by atoms with Crippen LogP contribution in [-0.4, -0.2) is 31.9 Å². The van der Waals surface area contributed by atoms with Crippen LogP contribution in [0.1, 0.15) is 5.82 Å². The van der Waals surface area contributed by atoms with Crippen molar-refractivity contribution in [2.75, 3.05) is 5.75 Å². The molecule has 0 fully saturated rings. The fourth-order valence-electron chi connectivity index (χ4n) is 1.29. The van der Waals surface area contributed by atoms with E-state index in [1.807, 2.05) is 30.3 Å². The standard InChI is InChI=1S/C10H10N4O2S.Na/c15-10(16)7-17-6-9-11-12-13-14(9)8-4-2-1-3-5-8;/h1-5H,6-7H2,(H,15,16);/q;+1/p-1. The van der Waals surface area contributed by atoms with E-state index < -0.39 is 5.97 Å². The van der Waals surface area contributed by atoms with E-state index in [0.717, 1.165) is 5.69 Å². The van der Waals surface area contributed by atoms with Gasteiger partial charge in [0.15, 0.2) is 5.82 Å². The molecule has 0 unspecified atom stereocenters. The monoisotopic (exact) mass is 272 g/mol. The molecule has 2 rings (SSSR count). The summed E-state index contributed by atoms with van der Waals surface area (Å²) in [6.07, 6.45) is 0. The summed E-state index contributed by atoms with van der Waals surface area (Å²) >= 11 is 1.20. The van der Waals surface area contributed by atoms with E-state index in [2.05, 4.69) is 15.5 Å². The van der Waals surface area contributed by atoms with E-state index in [9.17, 15) is 9.90 Å². The number of hydrogen-bond donors (Lipinski definition) is 0. The zero-order valence-electron chi connectivity index (χ0n) is 9.81. The van der Waals surface area contributed by atoms with Crippen LogP contribution in [-0.2, 0) is 10.5 Å². The normalized spacial score (nSPS) is 9.78. The Bertz CT molecular complexity index is 506. The first kappa shape index (κ1) is 15.2. The van der Waals surface area contributed by atoms with Crippen molar-refractivity contribution in [3.05, 3.63) is 36.2 Å². The predicted octanol–water partition coefficient (Wildman–Crippen LogP) is -3.35. The summed E-state index contributed by atoms with van der Waals surface area (Å²) in [6, 6.07) is 9.43. The summed E-state index contributed by atoms with van der Waals surface area (Å²) in [5.41, 5.74) is 0.849. The van der Waals surface area contributed by atoms with Gasteiger partial charge in [0.05, 0.1) is 17.4 Å². The van der Waals surface area contributed by atoms with Gasteiger partial charge in [0.25, 0.3) is 0 Å². The molecular formula is C10H9N4NaO2S. The van der Waals surface area contributed by atoms with Crippen molar-refractivity contribution in [2.24, 2.45) is 0 Å². The Hall–Kier alpha value is -0.890. The summed E-state index contributed by atoms with van der Waals surface area (Å²) in [4.78, 5) is 10.3.